The molecule has 2 N–H and O–H groups in total. The largest absolute Gasteiger partial charge is 0.434 e. The molecule has 1 rings (SSSR count). The van der Waals surface area contributed by atoms with Gasteiger partial charge in [0.05, 0.1) is 0 Å². The normalized spacial score (nSPS) is 12.2. The van der Waals surface area contributed by atoms with E-state index in [1.165, 1.54) is 12.2 Å². The summed E-state index contributed by atoms with van der Waals surface area (Å²) in [5.41, 5.74) is 3.92. The van der Waals surface area contributed by atoms with Crippen molar-refractivity contribution in [2.45, 2.75) is 12.6 Å². The van der Waals surface area contributed by atoms with Gasteiger partial charge in [0.2, 0.25) is 5.91 Å². The van der Waals surface area contributed by atoms with E-state index in [0.29, 0.717) is 0 Å². The Kier molecular flexibility index (Phi) is 3.46. The van der Waals surface area contributed by atoms with Gasteiger partial charge in [-0.3, -0.25) is 4.79 Å². The van der Waals surface area contributed by atoms with E-state index in [9.17, 15) is 18.0 Å². The van der Waals surface area contributed by atoms with Crippen LogP contribution in [0.15, 0.2) is 11.5 Å². The van der Waals surface area contributed by atoms with E-state index < -0.39 is 17.8 Å². The van der Waals surface area contributed by atoms with E-state index in [4.69, 9.17) is 5.73 Å². The van der Waals surface area contributed by atoms with Gasteiger partial charge in [0.15, 0.2) is 5.69 Å². The van der Waals surface area contributed by atoms with E-state index in [1.807, 2.05) is 0 Å². The van der Waals surface area contributed by atoms with E-state index in [2.05, 4.69) is 4.98 Å². The highest BCUT2D eigenvalue weighted by molar-refractivity contribution is 7.10. The van der Waals surface area contributed by atoms with Crippen LogP contribution in [0, 0.1) is 0 Å². The first-order chi connectivity index (χ1) is 6.89. The fourth-order valence-corrected chi connectivity index (χ4v) is 1.51. The van der Waals surface area contributed by atoms with Crippen LogP contribution in [0.3, 0.4) is 0 Å². The van der Waals surface area contributed by atoms with Crippen molar-refractivity contribution >= 4 is 23.3 Å². The molecular weight excluding hydrogens is 229 g/mol. The molecule has 0 saturated carbocycles. The maximum Gasteiger partial charge on any atom is 0.434 e. The van der Waals surface area contributed by atoms with Gasteiger partial charge in [0.1, 0.15) is 5.01 Å². The molecule has 1 aromatic heterocycles. The van der Waals surface area contributed by atoms with E-state index in [-0.39, 0.29) is 11.4 Å². The Bertz CT molecular complexity index is 383. The quantitative estimate of drug-likeness (QED) is 0.873. The highest BCUT2D eigenvalue weighted by atomic mass is 32.1. The number of amides is 1. The first kappa shape index (κ1) is 11.7. The number of thiazole rings is 1. The fourth-order valence-electron chi connectivity index (χ4n) is 0.770. The topological polar surface area (TPSA) is 56.0 Å². The molecule has 0 aliphatic carbocycles. The third-order valence-electron chi connectivity index (χ3n) is 1.39. The molecule has 0 aliphatic rings. The number of alkyl halides is 3. The van der Waals surface area contributed by atoms with Crippen LogP contribution < -0.4 is 5.73 Å². The molecule has 0 radical (unpaired) electrons. The van der Waals surface area contributed by atoms with Crippen molar-refractivity contribution in [3.63, 3.8) is 0 Å². The van der Waals surface area contributed by atoms with Crippen molar-refractivity contribution in [2.24, 2.45) is 5.73 Å². The summed E-state index contributed by atoms with van der Waals surface area (Å²) >= 11 is 0.858. The zero-order valence-corrected chi connectivity index (χ0v) is 8.23. The minimum absolute atomic E-state index is 0.0130. The molecule has 7 heteroatoms. The molecule has 0 bridgehead atoms. The summed E-state index contributed by atoms with van der Waals surface area (Å²) in [4.78, 5) is 13.7. The SMILES string of the molecule is NC(=O)CC=Cc1nc(C(F)(F)F)cs1. The number of primary amides is 1. The predicted octanol–water partition coefficient (Wildman–Crippen LogP) is 2.05. The Labute approximate surface area is 87.4 Å². The zero-order valence-electron chi connectivity index (χ0n) is 7.41. The number of aromatic nitrogens is 1. The van der Waals surface area contributed by atoms with Crippen LogP contribution in [0.4, 0.5) is 13.2 Å². The van der Waals surface area contributed by atoms with Crippen molar-refractivity contribution in [1.82, 2.24) is 4.98 Å². The fraction of sp³-hybridized carbons (Fsp3) is 0.250. The van der Waals surface area contributed by atoms with E-state index in [1.54, 1.807) is 0 Å². The van der Waals surface area contributed by atoms with Crippen LogP contribution in [0.2, 0.25) is 0 Å². The number of halogens is 3. The summed E-state index contributed by atoms with van der Waals surface area (Å²) in [6, 6.07) is 0. The van der Waals surface area contributed by atoms with Gasteiger partial charge < -0.3 is 5.73 Å². The summed E-state index contributed by atoms with van der Waals surface area (Å²) in [6.07, 6.45) is -1.72. The molecule has 0 saturated heterocycles. The molecule has 1 aromatic rings. The van der Waals surface area contributed by atoms with E-state index >= 15 is 0 Å². The lowest BCUT2D eigenvalue weighted by Gasteiger charge is -1.99. The van der Waals surface area contributed by atoms with Gasteiger partial charge in [-0.25, -0.2) is 4.98 Å². The van der Waals surface area contributed by atoms with Gasteiger partial charge in [-0.2, -0.15) is 13.2 Å². The minimum Gasteiger partial charge on any atom is -0.369 e. The number of rotatable bonds is 3. The zero-order chi connectivity index (χ0) is 11.5. The van der Waals surface area contributed by atoms with Gasteiger partial charge in [-0.05, 0) is 6.08 Å². The first-order valence-corrected chi connectivity index (χ1v) is 4.75. The Morgan fingerprint density at radius 1 is 1.60 bits per heavy atom. The molecular formula is C8H7F3N2OS. The smallest absolute Gasteiger partial charge is 0.369 e. The Morgan fingerprint density at radius 2 is 2.27 bits per heavy atom. The second-order valence-corrected chi connectivity index (χ2v) is 3.53. The molecule has 0 aromatic carbocycles. The second-order valence-electron chi connectivity index (χ2n) is 2.64. The molecule has 0 atom stereocenters. The highest BCUT2D eigenvalue weighted by Gasteiger charge is 2.33. The lowest BCUT2D eigenvalue weighted by molar-refractivity contribution is -0.140. The van der Waals surface area contributed by atoms with Gasteiger partial charge in [0, 0.05) is 11.8 Å². The molecule has 82 valence electrons. The predicted molar refractivity (Wildman–Crippen MR) is 50.0 cm³/mol. The maximum atomic E-state index is 12.1. The van der Waals surface area contributed by atoms with Crippen LogP contribution in [0.1, 0.15) is 17.1 Å². The lowest BCUT2D eigenvalue weighted by Crippen LogP contribution is -2.07. The van der Waals surface area contributed by atoms with Gasteiger partial charge in [-0.1, -0.05) is 6.08 Å². The summed E-state index contributed by atoms with van der Waals surface area (Å²) in [6.45, 7) is 0. The monoisotopic (exact) mass is 236 g/mol. The number of hydrogen-bond acceptors (Lipinski definition) is 3. The molecule has 0 spiro atoms. The summed E-state index contributed by atoms with van der Waals surface area (Å²) in [7, 11) is 0. The van der Waals surface area contributed by atoms with Crippen LogP contribution in [-0.2, 0) is 11.0 Å². The van der Waals surface area contributed by atoms with Crippen LogP contribution in [0.25, 0.3) is 6.08 Å². The summed E-state index contributed by atoms with van der Waals surface area (Å²) in [5.74, 6) is -0.543. The van der Waals surface area contributed by atoms with Crippen molar-refractivity contribution in [3.8, 4) is 0 Å². The third-order valence-corrected chi connectivity index (χ3v) is 2.20. The molecule has 1 heterocycles. The van der Waals surface area contributed by atoms with Gasteiger partial charge >= 0.3 is 6.18 Å². The van der Waals surface area contributed by atoms with Gasteiger partial charge in [-0.15, -0.1) is 11.3 Å². The Morgan fingerprint density at radius 3 is 2.73 bits per heavy atom. The van der Waals surface area contributed by atoms with Crippen molar-refractivity contribution < 1.29 is 18.0 Å². The minimum atomic E-state index is -4.42. The second kappa shape index (κ2) is 4.43. The number of carbonyl (C=O) groups excluding carboxylic acids is 1. The summed E-state index contributed by atoms with van der Waals surface area (Å²) < 4.78 is 36.3. The maximum absolute atomic E-state index is 12.1. The van der Waals surface area contributed by atoms with E-state index in [0.717, 1.165) is 16.7 Å². The highest BCUT2D eigenvalue weighted by Crippen LogP contribution is 2.30. The standard InChI is InChI=1S/C8H7F3N2OS/c9-8(10,11)5-4-15-7(13-5)3-1-2-6(12)14/h1,3-4H,2H2,(H2,12,14). The third kappa shape index (κ3) is 3.70. The first-order valence-electron chi connectivity index (χ1n) is 3.87. The molecule has 0 unspecified atom stereocenters. The van der Waals surface area contributed by atoms with Crippen LogP contribution in [-0.4, -0.2) is 10.9 Å². The van der Waals surface area contributed by atoms with Crippen molar-refractivity contribution in [1.29, 1.82) is 0 Å². The number of carbonyl (C=O) groups is 1. The summed E-state index contributed by atoms with van der Waals surface area (Å²) in [5, 5.41) is 1.12. The molecule has 1 amide bonds. The van der Waals surface area contributed by atoms with Crippen LogP contribution in [0.5, 0.6) is 0 Å². The number of nitrogens with zero attached hydrogens (tertiary/aromatic N) is 1. The molecule has 3 nitrogen and oxygen atoms in total. The number of hydrogen-bond donors (Lipinski definition) is 1. The van der Waals surface area contributed by atoms with Crippen LogP contribution >= 0.6 is 11.3 Å². The average molecular weight is 236 g/mol. The Balaban J connectivity index is 2.69. The van der Waals surface area contributed by atoms with Crippen molar-refractivity contribution in [2.75, 3.05) is 0 Å². The van der Waals surface area contributed by atoms with Crippen molar-refractivity contribution in [3.05, 3.63) is 22.2 Å². The number of nitrogens with two attached hydrogens (primary N) is 1. The van der Waals surface area contributed by atoms with Gasteiger partial charge in [0.25, 0.3) is 0 Å². The molecule has 15 heavy (non-hydrogen) atoms. The average Bonchev–Trinajstić information content (AvgIpc) is 2.51. The molecule has 0 fully saturated rings. The lowest BCUT2D eigenvalue weighted by atomic mass is 10.4. The molecule has 0 aliphatic heterocycles. The Hall–Kier alpha value is -1.37.